The zero-order valence-electron chi connectivity index (χ0n) is 14.0. The molecule has 0 fully saturated rings. The third-order valence-corrected chi connectivity index (χ3v) is 5.49. The summed E-state index contributed by atoms with van der Waals surface area (Å²) in [5.41, 5.74) is 11.4. The first-order valence-corrected chi connectivity index (χ1v) is 8.35. The topological polar surface area (TPSA) is 113 Å². The number of nitrogens with zero attached hydrogens (tertiary/aromatic N) is 2. The number of ether oxygens (including phenoxy) is 1. The van der Waals surface area contributed by atoms with Gasteiger partial charge in [-0.15, -0.1) is 11.3 Å². The number of carbonyl (C=O) groups is 2. The minimum atomic E-state index is -0.625. The van der Waals surface area contributed by atoms with Gasteiger partial charge in [0, 0.05) is 17.5 Å². The SMILES string of the molecule is CC1(C)Cc2c(sc(-n3ccc(C(N)=O)n3)c2C(N)=O)C(C)(C)O1. The van der Waals surface area contributed by atoms with E-state index < -0.39 is 23.0 Å². The second-order valence-electron chi connectivity index (χ2n) is 7.01. The van der Waals surface area contributed by atoms with Crippen molar-refractivity contribution in [2.45, 2.75) is 45.3 Å². The van der Waals surface area contributed by atoms with Crippen LogP contribution in [0.5, 0.6) is 0 Å². The quantitative estimate of drug-likeness (QED) is 0.879. The summed E-state index contributed by atoms with van der Waals surface area (Å²) in [5, 5.41) is 4.73. The highest BCUT2D eigenvalue weighted by Gasteiger charge is 2.43. The number of carbonyl (C=O) groups excluding carboxylic acids is 2. The Bertz CT molecular complexity index is 848. The van der Waals surface area contributed by atoms with Crippen molar-refractivity contribution in [3.8, 4) is 5.00 Å². The normalized spacial score (nSPS) is 18.2. The molecule has 0 spiro atoms. The standard InChI is InChI=1S/C16H20N4O3S/c1-15(2)7-8-10(13(18)22)14(24-11(8)16(3,4)23-15)20-6-5-9(19-20)12(17)21/h5-6H,7H2,1-4H3,(H2,17,21)(H2,18,22). The van der Waals surface area contributed by atoms with Crippen molar-refractivity contribution in [3.63, 3.8) is 0 Å². The number of fused-ring (bicyclic) bond motifs is 1. The minimum Gasteiger partial charge on any atom is -0.365 e. The van der Waals surface area contributed by atoms with Gasteiger partial charge in [-0.1, -0.05) is 0 Å². The van der Waals surface area contributed by atoms with Gasteiger partial charge in [0.2, 0.25) is 0 Å². The summed E-state index contributed by atoms with van der Waals surface area (Å²) in [5.74, 6) is -1.15. The molecule has 0 aliphatic carbocycles. The van der Waals surface area contributed by atoms with E-state index >= 15 is 0 Å². The number of amides is 2. The van der Waals surface area contributed by atoms with Crippen LogP contribution in [-0.4, -0.2) is 27.2 Å². The predicted molar refractivity (Wildman–Crippen MR) is 90.4 cm³/mol. The van der Waals surface area contributed by atoms with Crippen LogP contribution in [0.3, 0.4) is 0 Å². The molecule has 0 radical (unpaired) electrons. The average molecular weight is 348 g/mol. The monoisotopic (exact) mass is 348 g/mol. The van der Waals surface area contributed by atoms with Gasteiger partial charge >= 0.3 is 0 Å². The second kappa shape index (κ2) is 5.15. The first-order chi connectivity index (χ1) is 11.0. The maximum atomic E-state index is 12.1. The van der Waals surface area contributed by atoms with Crippen molar-refractivity contribution in [3.05, 3.63) is 34.0 Å². The maximum Gasteiger partial charge on any atom is 0.269 e. The molecule has 2 amide bonds. The third kappa shape index (κ3) is 2.61. The molecule has 3 heterocycles. The molecule has 128 valence electrons. The van der Waals surface area contributed by atoms with E-state index in [0.29, 0.717) is 17.0 Å². The van der Waals surface area contributed by atoms with E-state index in [-0.39, 0.29) is 5.69 Å². The number of hydrogen-bond acceptors (Lipinski definition) is 5. The number of rotatable bonds is 3. The van der Waals surface area contributed by atoms with Gasteiger partial charge in [-0.25, -0.2) is 4.68 Å². The maximum absolute atomic E-state index is 12.1. The molecule has 0 atom stereocenters. The van der Waals surface area contributed by atoms with Crippen molar-refractivity contribution in [1.82, 2.24) is 9.78 Å². The number of hydrogen-bond donors (Lipinski definition) is 2. The molecule has 0 aromatic carbocycles. The molecule has 4 N–H and O–H groups in total. The highest BCUT2D eigenvalue weighted by molar-refractivity contribution is 7.15. The first kappa shape index (κ1) is 16.7. The lowest BCUT2D eigenvalue weighted by Crippen LogP contribution is -2.42. The smallest absolute Gasteiger partial charge is 0.269 e. The van der Waals surface area contributed by atoms with Crippen LogP contribution in [0.25, 0.3) is 5.00 Å². The lowest BCUT2D eigenvalue weighted by Gasteiger charge is -2.41. The van der Waals surface area contributed by atoms with E-state index in [1.165, 1.54) is 22.1 Å². The number of aromatic nitrogens is 2. The lowest BCUT2D eigenvalue weighted by molar-refractivity contribution is -0.135. The van der Waals surface area contributed by atoms with Crippen LogP contribution in [0.15, 0.2) is 12.3 Å². The van der Waals surface area contributed by atoms with E-state index in [9.17, 15) is 9.59 Å². The van der Waals surface area contributed by atoms with Gasteiger partial charge in [0.15, 0.2) is 0 Å². The van der Waals surface area contributed by atoms with Crippen molar-refractivity contribution in [2.24, 2.45) is 11.5 Å². The lowest BCUT2D eigenvalue weighted by atomic mass is 9.86. The zero-order valence-corrected chi connectivity index (χ0v) is 14.9. The Labute approximate surface area is 143 Å². The number of primary amides is 2. The fourth-order valence-electron chi connectivity index (χ4n) is 3.29. The Kier molecular flexibility index (Phi) is 3.58. The van der Waals surface area contributed by atoms with Gasteiger partial charge in [-0.3, -0.25) is 9.59 Å². The molecule has 7 nitrogen and oxygen atoms in total. The second-order valence-corrected chi connectivity index (χ2v) is 8.01. The van der Waals surface area contributed by atoms with Gasteiger partial charge in [-0.2, -0.15) is 5.10 Å². The number of nitrogens with two attached hydrogens (primary N) is 2. The predicted octanol–water partition coefficient (Wildman–Crippen LogP) is 1.72. The van der Waals surface area contributed by atoms with E-state index in [1.807, 2.05) is 27.7 Å². The van der Waals surface area contributed by atoms with Crippen LogP contribution in [0, 0.1) is 0 Å². The summed E-state index contributed by atoms with van der Waals surface area (Å²) in [6, 6.07) is 1.51. The molecule has 0 unspecified atom stereocenters. The van der Waals surface area contributed by atoms with Gasteiger partial charge in [0.25, 0.3) is 11.8 Å². The molecule has 3 rings (SSSR count). The highest BCUT2D eigenvalue weighted by Crippen LogP contribution is 2.47. The molecule has 1 aliphatic rings. The van der Waals surface area contributed by atoms with Crippen LogP contribution in [-0.2, 0) is 16.8 Å². The molecule has 0 bridgehead atoms. The zero-order chi connectivity index (χ0) is 17.9. The van der Waals surface area contributed by atoms with Crippen LogP contribution in [0.4, 0.5) is 0 Å². The Hall–Kier alpha value is -2.19. The molecular formula is C16H20N4O3S. The summed E-state index contributed by atoms with van der Waals surface area (Å²) < 4.78 is 7.65. The summed E-state index contributed by atoms with van der Waals surface area (Å²) in [6.07, 6.45) is 2.17. The van der Waals surface area contributed by atoms with Crippen molar-refractivity contribution in [2.75, 3.05) is 0 Å². The molecule has 0 saturated heterocycles. The van der Waals surface area contributed by atoms with E-state index in [2.05, 4.69) is 5.10 Å². The van der Waals surface area contributed by atoms with Gasteiger partial charge in [-0.05, 0) is 39.3 Å². The summed E-state index contributed by atoms with van der Waals surface area (Å²) in [6.45, 7) is 7.91. The molecule has 0 saturated carbocycles. The third-order valence-electron chi connectivity index (χ3n) is 3.97. The highest BCUT2D eigenvalue weighted by atomic mass is 32.1. The van der Waals surface area contributed by atoms with Gasteiger partial charge < -0.3 is 16.2 Å². The molecule has 2 aromatic heterocycles. The average Bonchev–Trinajstić information content (AvgIpc) is 2.99. The molecule has 8 heteroatoms. The van der Waals surface area contributed by atoms with Crippen LogP contribution >= 0.6 is 11.3 Å². The molecule has 2 aromatic rings. The van der Waals surface area contributed by atoms with Gasteiger partial charge in [0.05, 0.1) is 16.8 Å². The fraction of sp³-hybridized carbons (Fsp3) is 0.438. The fourth-order valence-corrected chi connectivity index (χ4v) is 4.59. The molecule has 24 heavy (non-hydrogen) atoms. The van der Waals surface area contributed by atoms with E-state index in [4.69, 9.17) is 16.2 Å². The summed E-state index contributed by atoms with van der Waals surface area (Å²) >= 11 is 1.40. The Morgan fingerprint density at radius 1 is 1.25 bits per heavy atom. The Balaban J connectivity index is 2.24. The van der Waals surface area contributed by atoms with Crippen LogP contribution < -0.4 is 11.5 Å². The largest absolute Gasteiger partial charge is 0.365 e. The first-order valence-electron chi connectivity index (χ1n) is 7.54. The molecule has 1 aliphatic heterocycles. The number of thiophene rings is 1. The Morgan fingerprint density at radius 2 is 1.92 bits per heavy atom. The van der Waals surface area contributed by atoms with Gasteiger partial charge in [0.1, 0.15) is 10.7 Å². The van der Waals surface area contributed by atoms with Crippen molar-refractivity contribution >= 4 is 23.2 Å². The molecular weight excluding hydrogens is 328 g/mol. The van der Waals surface area contributed by atoms with E-state index in [0.717, 1.165) is 10.4 Å². The van der Waals surface area contributed by atoms with Crippen LogP contribution in [0.2, 0.25) is 0 Å². The summed E-state index contributed by atoms with van der Waals surface area (Å²) in [4.78, 5) is 24.4. The minimum absolute atomic E-state index is 0.132. The van der Waals surface area contributed by atoms with Crippen molar-refractivity contribution in [1.29, 1.82) is 0 Å². The van der Waals surface area contributed by atoms with Crippen molar-refractivity contribution < 1.29 is 14.3 Å². The van der Waals surface area contributed by atoms with Crippen LogP contribution in [0.1, 0.15) is 59.0 Å². The summed E-state index contributed by atoms with van der Waals surface area (Å²) in [7, 11) is 0. The Morgan fingerprint density at radius 3 is 2.46 bits per heavy atom. The van der Waals surface area contributed by atoms with E-state index in [1.54, 1.807) is 6.20 Å².